The average Bonchev–Trinajstić information content (AvgIpc) is 2.38. The summed E-state index contributed by atoms with van der Waals surface area (Å²) >= 11 is 0. The summed E-state index contributed by atoms with van der Waals surface area (Å²) < 4.78 is 0. The second-order valence-electron chi connectivity index (χ2n) is 4.38. The van der Waals surface area contributed by atoms with E-state index in [9.17, 15) is 0 Å². The minimum atomic E-state index is 1.08. The molecule has 1 heterocycles. The van der Waals surface area contributed by atoms with Gasteiger partial charge in [-0.05, 0) is 56.1 Å². The number of aryl methyl sites for hydroxylation is 1. The Kier molecular flexibility index (Phi) is 4.51. The molecule has 1 N–H and O–H groups in total. The first kappa shape index (κ1) is 12.1. The van der Waals surface area contributed by atoms with Crippen molar-refractivity contribution in [2.24, 2.45) is 0 Å². The Morgan fingerprint density at radius 1 is 1.18 bits per heavy atom. The number of pyridine rings is 1. The molecule has 2 aromatic rings. The van der Waals surface area contributed by atoms with Crippen molar-refractivity contribution in [1.82, 2.24) is 10.3 Å². The number of benzene rings is 1. The number of hydrogen-bond donors (Lipinski definition) is 1. The van der Waals surface area contributed by atoms with E-state index in [2.05, 4.69) is 41.5 Å². The molecule has 2 rings (SSSR count). The van der Waals surface area contributed by atoms with Gasteiger partial charge in [0.25, 0.3) is 0 Å². The van der Waals surface area contributed by atoms with Gasteiger partial charge in [-0.2, -0.15) is 0 Å². The standard InChI is InChI=1S/C15H20N2/c1-2-9-16-10-3-5-13-7-8-15-14(12-13)6-4-11-17-15/h4,6-8,11-12,16H,2-3,5,9-10H2,1H3. The molecule has 0 saturated carbocycles. The van der Waals surface area contributed by atoms with Crippen molar-refractivity contribution in [3.05, 3.63) is 42.1 Å². The lowest BCUT2D eigenvalue weighted by atomic mass is 10.1. The second-order valence-corrected chi connectivity index (χ2v) is 4.38. The van der Waals surface area contributed by atoms with Gasteiger partial charge >= 0.3 is 0 Å². The average molecular weight is 228 g/mol. The fraction of sp³-hybridized carbons (Fsp3) is 0.400. The minimum Gasteiger partial charge on any atom is -0.317 e. The van der Waals surface area contributed by atoms with E-state index in [0.29, 0.717) is 0 Å². The fourth-order valence-electron chi connectivity index (χ4n) is 2.00. The lowest BCUT2D eigenvalue weighted by molar-refractivity contribution is 0.640. The molecule has 1 aromatic carbocycles. The van der Waals surface area contributed by atoms with Crippen molar-refractivity contribution in [3.63, 3.8) is 0 Å². The Morgan fingerprint density at radius 2 is 2.12 bits per heavy atom. The van der Waals surface area contributed by atoms with Gasteiger partial charge in [0, 0.05) is 11.6 Å². The van der Waals surface area contributed by atoms with Gasteiger partial charge in [0.1, 0.15) is 0 Å². The Morgan fingerprint density at radius 3 is 3.00 bits per heavy atom. The zero-order valence-electron chi connectivity index (χ0n) is 10.4. The predicted octanol–water partition coefficient (Wildman–Crippen LogP) is 3.17. The lowest BCUT2D eigenvalue weighted by Crippen LogP contribution is -2.16. The zero-order chi connectivity index (χ0) is 11.9. The summed E-state index contributed by atoms with van der Waals surface area (Å²) in [7, 11) is 0. The number of aromatic nitrogens is 1. The van der Waals surface area contributed by atoms with E-state index in [0.717, 1.165) is 25.0 Å². The van der Waals surface area contributed by atoms with Crippen LogP contribution in [-0.4, -0.2) is 18.1 Å². The molecular formula is C15H20N2. The molecule has 0 aliphatic rings. The molecule has 0 bridgehead atoms. The molecule has 2 heteroatoms. The van der Waals surface area contributed by atoms with Crippen LogP contribution in [0.5, 0.6) is 0 Å². The van der Waals surface area contributed by atoms with Gasteiger partial charge in [-0.25, -0.2) is 0 Å². The highest BCUT2D eigenvalue weighted by Gasteiger charge is 1.97. The normalized spacial score (nSPS) is 10.9. The molecule has 0 radical (unpaired) electrons. The van der Waals surface area contributed by atoms with Gasteiger partial charge in [0.15, 0.2) is 0 Å². The van der Waals surface area contributed by atoms with Crippen molar-refractivity contribution in [2.45, 2.75) is 26.2 Å². The zero-order valence-corrected chi connectivity index (χ0v) is 10.4. The summed E-state index contributed by atoms with van der Waals surface area (Å²) in [5.74, 6) is 0. The van der Waals surface area contributed by atoms with E-state index in [1.165, 1.54) is 23.8 Å². The van der Waals surface area contributed by atoms with Gasteiger partial charge < -0.3 is 5.32 Å². The molecule has 0 saturated heterocycles. The van der Waals surface area contributed by atoms with E-state index in [-0.39, 0.29) is 0 Å². The number of fused-ring (bicyclic) bond motifs is 1. The summed E-state index contributed by atoms with van der Waals surface area (Å²) in [6.07, 6.45) is 5.39. The molecule has 90 valence electrons. The molecule has 1 aromatic heterocycles. The van der Waals surface area contributed by atoms with Crippen LogP contribution in [0.25, 0.3) is 10.9 Å². The van der Waals surface area contributed by atoms with Crippen LogP contribution in [0.4, 0.5) is 0 Å². The second kappa shape index (κ2) is 6.36. The molecule has 0 aliphatic carbocycles. The molecular weight excluding hydrogens is 208 g/mol. The lowest BCUT2D eigenvalue weighted by Gasteiger charge is -2.04. The summed E-state index contributed by atoms with van der Waals surface area (Å²) in [5.41, 5.74) is 2.49. The summed E-state index contributed by atoms with van der Waals surface area (Å²) in [6.45, 7) is 4.43. The topological polar surface area (TPSA) is 24.9 Å². The number of hydrogen-bond acceptors (Lipinski definition) is 2. The molecule has 0 unspecified atom stereocenters. The van der Waals surface area contributed by atoms with E-state index in [1.54, 1.807) is 0 Å². The Hall–Kier alpha value is -1.41. The Bertz CT molecular complexity index is 465. The Balaban J connectivity index is 1.90. The summed E-state index contributed by atoms with van der Waals surface area (Å²) in [5, 5.41) is 4.67. The van der Waals surface area contributed by atoms with Crippen molar-refractivity contribution >= 4 is 10.9 Å². The summed E-state index contributed by atoms with van der Waals surface area (Å²) in [6, 6.07) is 10.7. The third-order valence-corrected chi connectivity index (χ3v) is 2.91. The monoisotopic (exact) mass is 228 g/mol. The van der Waals surface area contributed by atoms with Gasteiger partial charge in [0.05, 0.1) is 5.52 Å². The third-order valence-electron chi connectivity index (χ3n) is 2.91. The molecule has 0 amide bonds. The van der Waals surface area contributed by atoms with E-state index in [1.807, 2.05) is 12.3 Å². The van der Waals surface area contributed by atoms with Crippen molar-refractivity contribution in [3.8, 4) is 0 Å². The number of nitrogens with one attached hydrogen (secondary N) is 1. The fourth-order valence-corrected chi connectivity index (χ4v) is 2.00. The van der Waals surface area contributed by atoms with Crippen LogP contribution in [-0.2, 0) is 6.42 Å². The first-order valence-electron chi connectivity index (χ1n) is 6.44. The third kappa shape index (κ3) is 3.53. The van der Waals surface area contributed by atoms with Crippen LogP contribution < -0.4 is 5.32 Å². The van der Waals surface area contributed by atoms with Crippen LogP contribution in [0.1, 0.15) is 25.3 Å². The van der Waals surface area contributed by atoms with Gasteiger partial charge in [-0.1, -0.05) is 19.1 Å². The van der Waals surface area contributed by atoms with Crippen LogP contribution >= 0.6 is 0 Å². The maximum absolute atomic E-state index is 4.33. The number of rotatable bonds is 6. The van der Waals surface area contributed by atoms with Crippen molar-refractivity contribution in [1.29, 1.82) is 0 Å². The molecule has 2 nitrogen and oxygen atoms in total. The highest BCUT2D eigenvalue weighted by atomic mass is 14.8. The molecule has 0 aliphatic heterocycles. The highest BCUT2D eigenvalue weighted by molar-refractivity contribution is 5.78. The maximum atomic E-state index is 4.33. The minimum absolute atomic E-state index is 1.08. The van der Waals surface area contributed by atoms with Crippen LogP contribution in [0.15, 0.2) is 36.5 Å². The van der Waals surface area contributed by atoms with Gasteiger partial charge in [0.2, 0.25) is 0 Å². The van der Waals surface area contributed by atoms with E-state index < -0.39 is 0 Å². The quantitative estimate of drug-likeness (QED) is 0.768. The SMILES string of the molecule is CCCNCCCc1ccc2ncccc2c1. The van der Waals surface area contributed by atoms with E-state index >= 15 is 0 Å². The smallest absolute Gasteiger partial charge is 0.0702 e. The number of nitrogens with zero attached hydrogens (tertiary/aromatic N) is 1. The summed E-state index contributed by atoms with van der Waals surface area (Å²) in [4.78, 5) is 4.33. The van der Waals surface area contributed by atoms with Crippen LogP contribution in [0, 0.1) is 0 Å². The van der Waals surface area contributed by atoms with E-state index in [4.69, 9.17) is 0 Å². The van der Waals surface area contributed by atoms with Crippen molar-refractivity contribution < 1.29 is 0 Å². The largest absolute Gasteiger partial charge is 0.317 e. The molecule has 0 fully saturated rings. The van der Waals surface area contributed by atoms with Crippen LogP contribution in [0.2, 0.25) is 0 Å². The predicted molar refractivity (Wildman–Crippen MR) is 73.2 cm³/mol. The molecule has 0 atom stereocenters. The van der Waals surface area contributed by atoms with Crippen molar-refractivity contribution in [2.75, 3.05) is 13.1 Å². The molecule has 17 heavy (non-hydrogen) atoms. The van der Waals surface area contributed by atoms with Gasteiger partial charge in [-0.3, -0.25) is 4.98 Å². The first-order chi connectivity index (χ1) is 8.40. The highest BCUT2D eigenvalue weighted by Crippen LogP contribution is 2.14. The first-order valence-corrected chi connectivity index (χ1v) is 6.44. The van der Waals surface area contributed by atoms with Crippen LogP contribution in [0.3, 0.4) is 0 Å². The molecule has 0 spiro atoms. The maximum Gasteiger partial charge on any atom is 0.0702 e. The van der Waals surface area contributed by atoms with Gasteiger partial charge in [-0.15, -0.1) is 0 Å². The Labute approximate surface area is 103 Å².